The van der Waals surface area contributed by atoms with E-state index in [0.29, 0.717) is 18.4 Å². The van der Waals surface area contributed by atoms with E-state index in [1.165, 1.54) is 0 Å². The molecule has 0 saturated carbocycles. The normalized spacial score (nSPS) is 11.9. The van der Waals surface area contributed by atoms with Crippen molar-refractivity contribution in [1.82, 2.24) is 9.97 Å². The van der Waals surface area contributed by atoms with Crippen LogP contribution in [0.1, 0.15) is 20.8 Å². The lowest BCUT2D eigenvalue weighted by molar-refractivity contribution is 0.248. The van der Waals surface area contributed by atoms with Crippen molar-refractivity contribution in [3.05, 3.63) is 60.7 Å². The lowest BCUT2D eigenvalue weighted by Crippen LogP contribution is -2.30. The van der Waals surface area contributed by atoms with Gasteiger partial charge in [0.25, 0.3) is 0 Å². The first-order chi connectivity index (χ1) is 14.1. The molecule has 6 nitrogen and oxygen atoms in total. The molecular formula is C23H28N4O2. The second-order valence-electron chi connectivity index (χ2n) is 7.09. The number of aliphatic hydroxyl groups excluding tert-OH is 1. The second kappa shape index (κ2) is 9.89. The van der Waals surface area contributed by atoms with Crippen molar-refractivity contribution >= 4 is 17.5 Å². The number of benzene rings is 2. The number of hydrogen-bond acceptors (Lipinski definition) is 6. The van der Waals surface area contributed by atoms with Crippen LogP contribution in [0.2, 0.25) is 0 Å². The highest BCUT2D eigenvalue weighted by atomic mass is 16.5. The van der Waals surface area contributed by atoms with E-state index in [1.807, 2.05) is 81.4 Å². The molecule has 2 aromatic carbocycles. The first kappa shape index (κ1) is 20.6. The SMILES string of the molecule is CCOc1ccc(Nc2cc(-c3ccccc3)nc(N[C@@H](CO)C(C)C)n2)cc1. The van der Waals surface area contributed by atoms with Crippen LogP contribution in [0.4, 0.5) is 17.5 Å². The van der Waals surface area contributed by atoms with E-state index in [-0.39, 0.29) is 18.6 Å². The molecule has 152 valence electrons. The topological polar surface area (TPSA) is 79.3 Å². The van der Waals surface area contributed by atoms with E-state index in [9.17, 15) is 5.11 Å². The van der Waals surface area contributed by atoms with E-state index >= 15 is 0 Å². The Bertz CT molecular complexity index is 899. The molecule has 3 N–H and O–H groups in total. The van der Waals surface area contributed by atoms with Crippen LogP contribution in [0.25, 0.3) is 11.3 Å². The fraction of sp³-hybridized carbons (Fsp3) is 0.304. The van der Waals surface area contributed by atoms with Crippen molar-refractivity contribution in [3.8, 4) is 17.0 Å². The van der Waals surface area contributed by atoms with E-state index in [0.717, 1.165) is 22.7 Å². The van der Waals surface area contributed by atoms with Crippen LogP contribution in [0, 0.1) is 5.92 Å². The molecule has 1 atom stereocenters. The average molecular weight is 393 g/mol. The van der Waals surface area contributed by atoms with Gasteiger partial charge >= 0.3 is 0 Å². The number of aliphatic hydroxyl groups is 1. The van der Waals surface area contributed by atoms with Gasteiger partial charge in [0, 0.05) is 17.3 Å². The van der Waals surface area contributed by atoms with Crippen LogP contribution in [-0.2, 0) is 0 Å². The van der Waals surface area contributed by atoms with Gasteiger partial charge in [-0.05, 0) is 37.1 Å². The molecule has 0 amide bonds. The Labute approximate surface area is 172 Å². The molecular weight excluding hydrogens is 364 g/mol. The quantitative estimate of drug-likeness (QED) is 0.489. The summed E-state index contributed by atoms with van der Waals surface area (Å²) in [5, 5.41) is 16.3. The largest absolute Gasteiger partial charge is 0.494 e. The molecule has 0 spiro atoms. The Morgan fingerprint density at radius 1 is 1.00 bits per heavy atom. The molecule has 0 radical (unpaired) electrons. The van der Waals surface area contributed by atoms with Crippen molar-refractivity contribution in [2.75, 3.05) is 23.8 Å². The van der Waals surface area contributed by atoms with Gasteiger partial charge in [-0.1, -0.05) is 44.2 Å². The molecule has 1 aromatic heterocycles. The number of ether oxygens (including phenoxy) is 1. The zero-order valence-corrected chi connectivity index (χ0v) is 17.1. The van der Waals surface area contributed by atoms with Gasteiger partial charge in [0.1, 0.15) is 11.6 Å². The van der Waals surface area contributed by atoms with Gasteiger partial charge in [-0.2, -0.15) is 4.98 Å². The van der Waals surface area contributed by atoms with E-state index in [1.54, 1.807) is 0 Å². The zero-order chi connectivity index (χ0) is 20.6. The Morgan fingerprint density at radius 3 is 2.34 bits per heavy atom. The number of anilines is 3. The third-order valence-corrected chi connectivity index (χ3v) is 4.55. The minimum absolute atomic E-state index is 0.0121. The zero-order valence-electron chi connectivity index (χ0n) is 17.1. The molecule has 0 saturated heterocycles. The molecule has 0 aliphatic heterocycles. The second-order valence-corrected chi connectivity index (χ2v) is 7.09. The smallest absolute Gasteiger partial charge is 0.225 e. The number of nitrogens with one attached hydrogen (secondary N) is 2. The summed E-state index contributed by atoms with van der Waals surface area (Å²) >= 11 is 0. The van der Waals surface area contributed by atoms with Crippen LogP contribution >= 0.6 is 0 Å². The standard InChI is InChI=1S/C23H28N4O2/c1-4-29-19-12-10-18(11-13-19)24-22-14-20(17-8-6-5-7-9-17)25-23(27-22)26-21(15-28)16(2)3/h5-14,16,21,28H,4,15H2,1-3H3,(H2,24,25,26,27)/t21-/m0/s1. The number of nitrogens with zero attached hydrogens (tertiary/aromatic N) is 2. The highest BCUT2D eigenvalue weighted by molar-refractivity contribution is 5.67. The van der Waals surface area contributed by atoms with Crippen LogP contribution in [0.3, 0.4) is 0 Å². The van der Waals surface area contributed by atoms with E-state index in [4.69, 9.17) is 4.74 Å². The summed E-state index contributed by atoms with van der Waals surface area (Å²) < 4.78 is 5.50. The summed E-state index contributed by atoms with van der Waals surface area (Å²) in [5.74, 6) is 2.22. The Hall–Kier alpha value is -3.12. The van der Waals surface area contributed by atoms with Crippen molar-refractivity contribution < 1.29 is 9.84 Å². The fourth-order valence-electron chi connectivity index (χ4n) is 2.87. The molecule has 29 heavy (non-hydrogen) atoms. The summed E-state index contributed by atoms with van der Waals surface area (Å²) in [6.45, 7) is 6.71. The van der Waals surface area contributed by atoms with Gasteiger partial charge < -0.3 is 20.5 Å². The number of rotatable bonds is 9. The third kappa shape index (κ3) is 5.68. The third-order valence-electron chi connectivity index (χ3n) is 4.55. The molecule has 0 bridgehead atoms. The molecule has 6 heteroatoms. The molecule has 3 rings (SSSR count). The highest BCUT2D eigenvalue weighted by Crippen LogP contribution is 2.25. The first-order valence-corrected chi connectivity index (χ1v) is 9.90. The molecule has 0 aliphatic rings. The van der Waals surface area contributed by atoms with Crippen molar-refractivity contribution in [2.24, 2.45) is 5.92 Å². The highest BCUT2D eigenvalue weighted by Gasteiger charge is 2.15. The summed E-state index contributed by atoms with van der Waals surface area (Å²) in [6, 6.07) is 19.5. The van der Waals surface area contributed by atoms with Gasteiger partial charge in [-0.3, -0.25) is 0 Å². The predicted molar refractivity (Wildman–Crippen MR) is 118 cm³/mol. The summed E-state index contributed by atoms with van der Waals surface area (Å²) in [6.07, 6.45) is 0. The first-order valence-electron chi connectivity index (χ1n) is 9.90. The van der Waals surface area contributed by atoms with Crippen molar-refractivity contribution in [2.45, 2.75) is 26.8 Å². The summed E-state index contributed by atoms with van der Waals surface area (Å²) in [5.41, 5.74) is 2.70. The maximum absolute atomic E-state index is 9.67. The maximum atomic E-state index is 9.67. The minimum atomic E-state index is -0.126. The Balaban J connectivity index is 1.91. The minimum Gasteiger partial charge on any atom is -0.494 e. The van der Waals surface area contributed by atoms with Gasteiger partial charge in [-0.25, -0.2) is 4.98 Å². The molecule has 3 aromatic rings. The number of hydrogen-bond donors (Lipinski definition) is 3. The lowest BCUT2D eigenvalue weighted by atomic mass is 10.1. The summed E-state index contributed by atoms with van der Waals surface area (Å²) in [4.78, 5) is 9.27. The summed E-state index contributed by atoms with van der Waals surface area (Å²) in [7, 11) is 0. The lowest BCUT2D eigenvalue weighted by Gasteiger charge is -2.20. The predicted octanol–water partition coefficient (Wildman–Crippen LogP) is 4.71. The van der Waals surface area contributed by atoms with Gasteiger partial charge in [-0.15, -0.1) is 0 Å². The van der Waals surface area contributed by atoms with Gasteiger partial charge in [0.15, 0.2) is 0 Å². The molecule has 0 unspecified atom stereocenters. The van der Waals surface area contributed by atoms with Crippen LogP contribution in [0.5, 0.6) is 5.75 Å². The molecule has 1 heterocycles. The van der Waals surface area contributed by atoms with Crippen molar-refractivity contribution in [3.63, 3.8) is 0 Å². The van der Waals surface area contributed by atoms with Crippen molar-refractivity contribution in [1.29, 1.82) is 0 Å². The van der Waals surface area contributed by atoms with Gasteiger partial charge in [0.2, 0.25) is 5.95 Å². The molecule has 0 fully saturated rings. The van der Waals surface area contributed by atoms with Crippen LogP contribution < -0.4 is 15.4 Å². The Kier molecular flexibility index (Phi) is 7.03. The Morgan fingerprint density at radius 2 is 1.72 bits per heavy atom. The van der Waals surface area contributed by atoms with Gasteiger partial charge in [0.05, 0.1) is 24.9 Å². The fourth-order valence-corrected chi connectivity index (χ4v) is 2.87. The van der Waals surface area contributed by atoms with E-state index < -0.39 is 0 Å². The van der Waals surface area contributed by atoms with Crippen LogP contribution in [-0.4, -0.2) is 34.3 Å². The average Bonchev–Trinajstić information content (AvgIpc) is 2.74. The monoisotopic (exact) mass is 392 g/mol. The van der Waals surface area contributed by atoms with E-state index in [2.05, 4.69) is 20.6 Å². The van der Waals surface area contributed by atoms with Crippen LogP contribution in [0.15, 0.2) is 60.7 Å². The molecule has 0 aliphatic carbocycles. The maximum Gasteiger partial charge on any atom is 0.225 e. The number of aromatic nitrogens is 2.